The van der Waals surface area contributed by atoms with E-state index in [9.17, 15) is 14.7 Å². The van der Waals surface area contributed by atoms with Gasteiger partial charge in [0, 0.05) is 0 Å². The van der Waals surface area contributed by atoms with Crippen molar-refractivity contribution >= 4 is 39.1 Å². The van der Waals surface area contributed by atoms with Gasteiger partial charge in [-0.25, -0.2) is 0 Å². The molecule has 2 heterocycles. The standard InChI is InChI=1S/C11H12BrNO4S/c1-11(10(15)16)5-17-4-7(11)13-9(14)6-2-3-8(12)18-6/h2-3,7H,4-5H2,1H3,(H,13,14)(H,15,16). The van der Waals surface area contributed by atoms with Crippen molar-refractivity contribution in [2.75, 3.05) is 13.2 Å². The van der Waals surface area contributed by atoms with Gasteiger partial charge in [0.05, 0.1) is 27.9 Å². The van der Waals surface area contributed by atoms with E-state index >= 15 is 0 Å². The number of amides is 1. The molecule has 1 aromatic heterocycles. The second kappa shape index (κ2) is 4.99. The van der Waals surface area contributed by atoms with E-state index < -0.39 is 17.4 Å². The number of nitrogens with one attached hydrogen (secondary N) is 1. The number of hydrogen-bond donors (Lipinski definition) is 2. The number of hydrogen-bond acceptors (Lipinski definition) is 4. The second-order valence-electron chi connectivity index (χ2n) is 4.37. The monoisotopic (exact) mass is 333 g/mol. The number of carbonyl (C=O) groups excluding carboxylic acids is 1. The molecule has 5 nitrogen and oxygen atoms in total. The topological polar surface area (TPSA) is 75.6 Å². The van der Waals surface area contributed by atoms with E-state index in [1.54, 1.807) is 19.1 Å². The highest BCUT2D eigenvalue weighted by Gasteiger charge is 2.47. The van der Waals surface area contributed by atoms with Gasteiger partial charge in [-0.1, -0.05) is 0 Å². The van der Waals surface area contributed by atoms with Crippen molar-refractivity contribution in [2.24, 2.45) is 5.41 Å². The minimum Gasteiger partial charge on any atom is -0.481 e. The summed E-state index contributed by atoms with van der Waals surface area (Å²) in [6.45, 7) is 1.92. The van der Waals surface area contributed by atoms with E-state index in [0.29, 0.717) is 4.88 Å². The number of ether oxygens (including phenoxy) is 1. The molecule has 1 aliphatic heterocycles. The molecule has 0 saturated carbocycles. The fourth-order valence-corrected chi connectivity index (χ4v) is 3.04. The van der Waals surface area contributed by atoms with Crippen LogP contribution in [0.4, 0.5) is 0 Å². The molecule has 1 saturated heterocycles. The van der Waals surface area contributed by atoms with E-state index in [0.717, 1.165) is 3.79 Å². The summed E-state index contributed by atoms with van der Waals surface area (Å²) in [6.07, 6.45) is 0. The SMILES string of the molecule is CC1(C(=O)O)COCC1NC(=O)c1ccc(Br)s1. The molecular weight excluding hydrogens is 322 g/mol. The maximum Gasteiger partial charge on any atom is 0.313 e. The molecule has 7 heteroatoms. The molecule has 0 radical (unpaired) electrons. The van der Waals surface area contributed by atoms with Crippen LogP contribution in [0, 0.1) is 5.41 Å². The Morgan fingerprint density at radius 1 is 1.61 bits per heavy atom. The zero-order chi connectivity index (χ0) is 13.3. The Hall–Kier alpha value is -0.920. The summed E-state index contributed by atoms with van der Waals surface area (Å²) in [5.41, 5.74) is -1.07. The van der Waals surface area contributed by atoms with Crippen molar-refractivity contribution in [3.05, 3.63) is 20.8 Å². The van der Waals surface area contributed by atoms with Gasteiger partial charge in [-0.2, -0.15) is 0 Å². The normalized spacial score (nSPS) is 27.1. The maximum absolute atomic E-state index is 12.0. The highest BCUT2D eigenvalue weighted by atomic mass is 79.9. The Bertz CT molecular complexity index is 489. The molecule has 2 N–H and O–H groups in total. The quantitative estimate of drug-likeness (QED) is 0.883. The summed E-state index contributed by atoms with van der Waals surface area (Å²) < 4.78 is 6.03. The van der Waals surface area contributed by atoms with Crippen molar-refractivity contribution in [1.82, 2.24) is 5.32 Å². The van der Waals surface area contributed by atoms with Crippen molar-refractivity contribution in [3.8, 4) is 0 Å². The molecule has 2 rings (SSSR count). The zero-order valence-electron chi connectivity index (χ0n) is 9.60. The first kappa shape index (κ1) is 13.5. The fourth-order valence-electron chi connectivity index (χ4n) is 1.75. The summed E-state index contributed by atoms with van der Waals surface area (Å²) in [6, 6.07) is 2.96. The lowest BCUT2D eigenvalue weighted by atomic mass is 9.85. The first-order chi connectivity index (χ1) is 8.43. The molecule has 0 aliphatic carbocycles. The minimum atomic E-state index is -1.07. The molecule has 18 heavy (non-hydrogen) atoms. The first-order valence-corrected chi connectivity index (χ1v) is 6.92. The first-order valence-electron chi connectivity index (χ1n) is 5.31. The van der Waals surface area contributed by atoms with Gasteiger partial charge in [0.1, 0.15) is 5.41 Å². The van der Waals surface area contributed by atoms with Gasteiger partial charge in [0.2, 0.25) is 0 Å². The third kappa shape index (κ3) is 2.43. The van der Waals surface area contributed by atoms with E-state index in [1.807, 2.05) is 0 Å². The molecule has 1 aromatic rings. The van der Waals surface area contributed by atoms with Gasteiger partial charge in [0.15, 0.2) is 0 Å². The van der Waals surface area contributed by atoms with Crippen LogP contribution in [0.2, 0.25) is 0 Å². The van der Waals surface area contributed by atoms with Gasteiger partial charge >= 0.3 is 5.97 Å². The smallest absolute Gasteiger partial charge is 0.313 e. The lowest BCUT2D eigenvalue weighted by Crippen LogP contribution is -2.49. The summed E-state index contributed by atoms with van der Waals surface area (Å²) in [4.78, 5) is 23.7. The summed E-state index contributed by atoms with van der Waals surface area (Å²) in [5.74, 6) is -1.23. The van der Waals surface area contributed by atoms with Gasteiger partial charge in [-0.05, 0) is 35.0 Å². The summed E-state index contributed by atoms with van der Waals surface area (Å²) >= 11 is 4.58. The molecule has 2 unspecified atom stereocenters. The molecule has 0 bridgehead atoms. The number of rotatable bonds is 3. The molecule has 1 amide bonds. The maximum atomic E-state index is 12.0. The largest absolute Gasteiger partial charge is 0.481 e. The van der Waals surface area contributed by atoms with Gasteiger partial charge in [-0.15, -0.1) is 11.3 Å². The van der Waals surface area contributed by atoms with Crippen LogP contribution >= 0.6 is 27.3 Å². The van der Waals surface area contributed by atoms with Crippen LogP contribution in [0.25, 0.3) is 0 Å². The van der Waals surface area contributed by atoms with Crippen LogP contribution in [0.3, 0.4) is 0 Å². The number of thiophene rings is 1. The Kier molecular flexibility index (Phi) is 3.74. The summed E-state index contributed by atoms with van der Waals surface area (Å²) in [7, 11) is 0. The lowest BCUT2D eigenvalue weighted by Gasteiger charge is -2.25. The lowest BCUT2D eigenvalue weighted by molar-refractivity contribution is -0.148. The molecular formula is C11H12BrNO4S. The second-order valence-corrected chi connectivity index (χ2v) is 6.83. The van der Waals surface area contributed by atoms with Crippen molar-refractivity contribution in [2.45, 2.75) is 13.0 Å². The fraction of sp³-hybridized carbons (Fsp3) is 0.455. The highest BCUT2D eigenvalue weighted by Crippen LogP contribution is 2.29. The Morgan fingerprint density at radius 3 is 2.89 bits per heavy atom. The van der Waals surface area contributed by atoms with Crippen LogP contribution in [-0.4, -0.2) is 36.2 Å². The predicted molar refractivity (Wildman–Crippen MR) is 69.8 cm³/mol. The summed E-state index contributed by atoms with van der Waals surface area (Å²) in [5, 5.41) is 11.9. The van der Waals surface area contributed by atoms with E-state index in [1.165, 1.54) is 11.3 Å². The number of halogens is 1. The molecule has 1 aliphatic rings. The van der Waals surface area contributed by atoms with Crippen molar-refractivity contribution < 1.29 is 19.4 Å². The van der Waals surface area contributed by atoms with Crippen LogP contribution < -0.4 is 5.32 Å². The number of aliphatic carboxylic acids is 1. The third-order valence-corrected chi connectivity index (χ3v) is 4.67. The van der Waals surface area contributed by atoms with Gasteiger partial charge in [-0.3, -0.25) is 9.59 Å². The average molecular weight is 334 g/mol. The van der Waals surface area contributed by atoms with E-state index in [-0.39, 0.29) is 19.1 Å². The van der Waals surface area contributed by atoms with Crippen LogP contribution in [0.1, 0.15) is 16.6 Å². The van der Waals surface area contributed by atoms with E-state index in [4.69, 9.17) is 4.74 Å². The molecule has 0 spiro atoms. The van der Waals surface area contributed by atoms with Crippen LogP contribution in [0.5, 0.6) is 0 Å². The minimum absolute atomic E-state index is 0.113. The van der Waals surface area contributed by atoms with Crippen LogP contribution in [0.15, 0.2) is 15.9 Å². The zero-order valence-corrected chi connectivity index (χ0v) is 12.0. The molecule has 98 valence electrons. The Morgan fingerprint density at radius 2 is 2.33 bits per heavy atom. The third-order valence-electron chi connectivity index (χ3n) is 3.05. The Labute approximate surface area is 116 Å². The number of carboxylic acids is 1. The van der Waals surface area contributed by atoms with Gasteiger partial charge in [0.25, 0.3) is 5.91 Å². The molecule has 1 fully saturated rings. The van der Waals surface area contributed by atoms with E-state index in [2.05, 4.69) is 21.2 Å². The Balaban J connectivity index is 2.10. The van der Waals surface area contributed by atoms with Gasteiger partial charge < -0.3 is 15.2 Å². The highest BCUT2D eigenvalue weighted by molar-refractivity contribution is 9.11. The average Bonchev–Trinajstić information content (AvgIpc) is 2.87. The van der Waals surface area contributed by atoms with Crippen LogP contribution in [-0.2, 0) is 9.53 Å². The predicted octanol–water partition coefficient (Wildman–Crippen LogP) is 1.73. The molecule has 2 atom stereocenters. The van der Waals surface area contributed by atoms with Crippen molar-refractivity contribution in [1.29, 1.82) is 0 Å². The number of carboxylic acid groups (broad SMARTS) is 1. The van der Waals surface area contributed by atoms with Crippen molar-refractivity contribution in [3.63, 3.8) is 0 Å². The molecule has 0 aromatic carbocycles. The number of carbonyl (C=O) groups is 2.